The summed E-state index contributed by atoms with van der Waals surface area (Å²) in [6.07, 6.45) is 3.04. The number of aromatic nitrogens is 1. The van der Waals surface area contributed by atoms with E-state index in [1.54, 1.807) is 0 Å². The number of nitrogens with one attached hydrogen (secondary N) is 1. The van der Waals surface area contributed by atoms with E-state index in [2.05, 4.69) is 37.1 Å². The highest BCUT2D eigenvalue weighted by atomic mass is 15.1. The fourth-order valence-corrected chi connectivity index (χ4v) is 2.15. The molecule has 0 aromatic carbocycles. The Hall–Kier alpha value is -0.930. The molecule has 1 aromatic heterocycles. The SMILES string of the molecule is [CH2-][NH+]1CCc2c(ccnc2CN(C)C)C1. The summed E-state index contributed by atoms with van der Waals surface area (Å²) in [7, 11) is 8.25. The van der Waals surface area contributed by atoms with Crippen molar-refractivity contribution in [2.45, 2.75) is 19.5 Å². The molecule has 0 aliphatic carbocycles. The lowest BCUT2D eigenvalue weighted by atomic mass is 9.99. The molecule has 1 aliphatic heterocycles. The van der Waals surface area contributed by atoms with Crippen molar-refractivity contribution in [3.05, 3.63) is 36.1 Å². The number of hydrogen-bond acceptors (Lipinski definition) is 2. The molecule has 0 saturated carbocycles. The van der Waals surface area contributed by atoms with Gasteiger partial charge in [0.1, 0.15) is 0 Å². The second kappa shape index (κ2) is 4.29. The maximum absolute atomic E-state index is 4.49. The predicted octanol–water partition coefficient (Wildman–Crippen LogP) is -0.124. The van der Waals surface area contributed by atoms with Gasteiger partial charge in [0, 0.05) is 24.7 Å². The minimum atomic E-state index is 0.940. The van der Waals surface area contributed by atoms with E-state index in [-0.39, 0.29) is 0 Å². The Labute approximate surface area is 91.7 Å². The molecule has 1 atom stereocenters. The van der Waals surface area contributed by atoms with E-state index >= 15 is 0 Å². The molecule has 0 bridgehead atoms. The van der Waals surface area contributed by atoms with Crippen molar-refractivity contribution in [2.75, 3.05) is 20.6 Å². The van der Waals surface area contributed by atoms with Crippen LogP contribution in [0.3, 0.4) is 0 Å². The van der Waals surface area contributed by atoms with Crippen LogP contribution in [0.4, 0.5) is 0 Å². The zero-order valence-electron chi connectivity index (χ0n) is 9.58. The van der Waals surface area contributed by atoms with Crippen LogP contribution in [0.2, 0.25) is 0 Å². The topological polar surface area (TPSA) is 20.6 Å². The van der Waals surface area contributed by atoms with Gasteiger partial charge in [-0.25, -0.2) is 0 Å². The van der Waals surface area contributed by atoms with Crippen LogP contribution in [0, 0.1) is 7.05 Å². The maximum Gasteiger partial charge on any atom is 0.0791 e. The number of pyridine rings is 1. The minimum absolute atomic E-state index is 0.940. The molecule has 1 N–H and O–H groups in total. The standard InChI is InChI=1S/C12H19N3/c1-14(2)9-12-11-5-7-15(3)8-10(11)4-6-13-12/h4,6,15H,3,5,7-9H2,1-2H3. The third kappa shape index (κ3) is 2.36. The molecule has 0 fully saturated rings. The van der Waals surface area contributed by atoms with Crippen molar-refractivity contribution in [1.82, 2.24) is 9.88 Å². The predicted molar refractivity (Wildman–Crippen MR) is 60.2 cm³/mol. The monoisotopic (exact) mass is 205 g/mol. The van der Waals surface area contributed by atoms with Gasteiger partial charge in [0.05, 0.1) is 18.8 Å². The molecule has 3 nitrogen and oxygen atoms in total. The summed E-state index contributed by atoms with van der Waals surface area (Å²) < 4.78 is 0. The van der Waals surface area contributed by atoms with E-state index in [0.717, 1.165) is 26.1 Å². The van der Waals surface area contributed by atoms with Crippen molar-refractivity contribution in [1.29, 1.82) is 0 Å². The largest absolute Gasteiger partial charge is 0.464 e. The summed E-state index contributed by atoms with van der Waals surface area (Å²) in [5, 5.41) is 0. The zero-order chi connectivity index (χ0) is 10.8. The average molecular weight is 205 g/mol. The number of quaternary nitrogens is 1. The van der Waals surface area contributed by atoms with Crippen molar-refractivity contribution >= 4 is 0 Å². The Bertz CT molecular complexity index is 347. The Morgan fingerprint density at radius 2 is 2.33 bits per heavy atom. The molecule has 1 unspecified atom stereocenters. The Kier molecular flexibility index (Phi) is 3.03. The first kappa shape index (κ1) is 10.6. The van der Waals surface area contributed by atoms with Gasteiger partial charge in [-0.3, -0.25) is 4.98 Å². The lowest BCUT2D eigenvalue weighted by molar-refractivity contribution is -0.870. The van der Waals surface area contributed by atoms with Gasteiger partial charge in [-0.1, -0.05) is 0 Å². The highest BCUT2D eigenvalue weighted by Crippen LogP contribution is 2.15. The van der Waals surface area contributed by atoms with Gasteiger partial charge < -0.3 is 9.80 Å². The van der Waals surface area contributed by atoms with Crippen LogP contribution in [-0.4, -0.2) is 30.5 Å². The minimum Gasteiger partial charge on any atom is -0.464 e. The van der Waals surface area contributed by atoms with Crippen LogP contribution in [0.15, 0.2) is 12.3 Å². The molecule has 0 saturated heterocycles. The van der Waals surface area contributed by atoms with Crippen LogP contribution in [0.1, 0.15) is 16.8 Å². The van der Waals surface area contributed by atoms with Gasteiger partial charge in [-0.05, 0) is 25.7 Å². The molecular formula is C12H19N3. The van der Waals surface area contributed by atoms with E-state index in [0.29, 0.717) is 0 Å². The van der Waals surface area contributed by atoms with Gasteiger partial charge in [-0.2, -0.15) is 7.05 Å². The molecule has 0 amide bonds. The van der Waals surface area contributed by atoms with Crippen LogP contribution in [-0.2, 0) is 19.5 Å². The van der Waals surface area contributed by atoms with E-state index in [4.69, 9.17) is 0 Å². The van der Waals surface area contributed by atoms with Crippen LogP contribution in [0.25, 0.3) is 0 Å². The Morgan fingerprint density at radius 3 is 3.07 bits per heavy atom. The molecule has 3 heteroatoms. The third-order valence-electron chi connectivity index (χ3n) is 2.88. The highest BCUT2D eigenvalue weighted by molar-refractivity contribution is 5.30. The lowest BCUT2D eigenvalue weighted by Gasteiger charge is -2.29. The first-order chi connectivity index (χ1) is 7.16. The van der Waals surface area contributed by atoms with Crippen LogP contribution in [0.5, 0.6) is 0 Å². The highest BCUT2D eigenvalue weighted by Gasteiger charge is 2.17. The van der Waals surface area contributed by atoms with E-state index in [9.17, 15) is 0 Å². The number of rotatable bonds is 2. The third-order valence-corrected chi connectivity index (χ3v) is 2.88. The zero-order valence-corrected chi connectivity index (χ0v) is 9.58. The molecule has 0 spiro atoms. The van der Waals surface area contributed by atoms with E-state index in [1.807, 2.05) is 6.20 Å². The maximum atomic E-state index is 4.49. The summed E-state index contributed by atoms with van der Waals surface area (Å²) in [5.74, 6) is 0. The molecule has 0 radical (unpaired) electrons. The first-order valence-electron chi connectivity index (χ1n) is 5.44. The molecule has 2 heterocycles. The van der Waals surface area contributed by atoms with Gasteiger partial charge in [0.15, 0.2) is 0 Å². The van der Waals surface area contributed by atoms with E-state index < -0.39 is 0 Å². The van der Waals surface area contributed by atoms with Crippen molar-refractivity contribution in [2.24, 2.45) is 0 Å². The summed E-state index contributed by atoms with van der Waals surface area (Å²) in [6.45, 7) is 3.10. The second-order valence-electron chi connectivity index (χ2n) is 4.56. The molecule has 1 aromatic rings. The van der Waals surface area contributed by atoms with E-state index in [1.165, 1.54) is 21.7 Å². The summed E-state index contributed by atoms with van der Waals surface area (Å²) >= 11 is 0. The quantitative estimate of drug-likeness (QED) is 0.679. The normalized spacial score (nSPS) is 20.4. The fourth-order valence-electron chi connectivity index (χ4n) is 2.15. The van der Waals surface area contributed by atoms with Crippen LogP contribution >= 0.6 is 0 Å². The van der Waals surface area contributed by atoms with Gasteiger partial charge in [0.25, 0.3) is 0 Å². The van der Waals surface area contributed by atoms with Crippen molar-refractivity contribution in [3.63, 3.8) is 0 Å². The van der Waals surface area contributed by atoms with Crippen molar-refractivity contribution < 1.29 is 4.90 Å². The Balaban J connectivity index is 2.29. The molecule has 1 aliphatic rings. The number of hydrogen-bond donors (Lipinski definition) is 1. The molecule has 82 valence electrons. The van der Waals surface area contributed by atoms with Gasteiger partial charge in [0.2, 0.25) is 0 Å². The summed E-state index contributed by atoms with van der Waals surface area (Å²) in [6, 6.07) is 2.14. The average Bonchev–Trinajstić information content (AvgIpc) is 2.16. The van der Waals surface area contributed by atoms with Gasteiger partial charge >= 0.3 is 0 Å². The van der Waals surface area contributed by atoms with Gasteiger partial charge in [-0.15, -0.1) is 0 Å². The smallest absolute Gasteiger partial charge is 0.0791 e. The number of nitrogens with zero attached hydrogens (tertiary/aromatic N) is 2. The molecular weight excluding hydrogens is 186 g/mol. The number of fused-ring (bicyclic) bond motifs is 1. The Morgan fingerprint density at radius 1 is 1.53 bits per heavy atom. The molecule has 15 heavy (non-hydrogen) atoms. The summed E-state index contributed by atoms with van der Waals surface area (Å²) in [4.78, 5) is 8.01. The molecule has 2 rings (SSSR count). The second-order valence-corrected chi connectivity index (χ2v) is 4.56. The van der Waals surface area contributed by atoms with Crippen molar-refractivity contribution in [3.8, 4) is 0 Å². The first-order valence-corrected chi connectivity index (χ1v) is 5.44. The summed E-state index contributed by atoms with van der Waals surface area (Å²) in [5.41, 5.74) is 4.13. The lowest BCUT2D eigenvalue weighted by Crippen LogP contribution is -3.06. The van der Waals surface area contributed by atoms with Crippen LogP contribution < -0.4 is 4.90 Å². The fraction of sp³-hybridized carbons (Fsp3) is 0.500.